The van der Waals surface area contributed by atoms with Gasteiger partial charge in [-0.05, 0) is 31.5 Å². The second-order valence-electron chi connectivity index (χ2n) is 5.46. The van der Waals surface area contributed by atoms with Crippen LogP contribution >= 0.6 is 0 Å². The molecule has 3 heterocycles. The first kappa shape index (κ1) is 13.0. The minimum atomic E-state index is 0.122. The largest absolute Gasteiger partial charge is 0.374 e. The van der Waals surface area contributed by atoms with Gasteiger partial charge in [0.15, 0.2) is 0 Å². The maximum Gasteiger partial charge on any atom is 0.0872 e. The van der Waals surface area contributed by atoms with Crippen molar-refractivity contribution in [3.63, 3.8) is 0 Å². The molecule has 3 N–H and O–H groups in total. The number of nitrogens with one attached hydrogen (secondary N) is 1. The van der Waals surface area contributed by atoms with E-state index in [1.165, 1.54) is 19.4 Å². The van der Waals surface area contributed by atoms with Crippen LogP contribution in [0, 0.1) is 0 Å². The van der Waals surface area contributed by atoms with E-state index in [2.05, 4.69) is 15.3 Å². The lowest BCUT2D eigenvalue weighted by Crippen LogP contribution is -2.56. The number of hydrogen-bond donors (Lipinski definition) is 2. The van der Waals surface area contributed by atoms with Crippen LogP contribution in [0.15, 0.2) is 24.4 Å². The predicted octanol–water partition coefficient (Wildman–Crippen LogP) is 0.319. The lowest BCUT2D eigenvalue weighted by Gasteiger charge is -2.38. The van der Waals surface area contributed by atoms with Crippen molar-refractivity contribution >= 4 is 0 Å². The summed E-state index contributed by atoms with van der Waals surface area (Å²) in [5.41, 5.74) is 3.96. The molecular formula is C14H22N4O. The topological polar surface area (TPSA) is 63.4 Å². The van der Waals surface area contributed by atoms with Gasteiger partial charge in [-0.3, -0.25) is 21.2 Å². The standard InChI is InChI=1S/C14H22N4O/c15-17-13(8-11-4-1-2-6-16-11)14-9-18-7-3-5-12(18)10-19-14/h1-2,4,6,12-14,17H,3,5,7-10,15H2. The summed E-state index contributed by atoms with van der Waals surface area (Å²) in [6.45, 7) is 3.02. The molecule has 2 fully saturated rings. The van der Waals surface area contributed by atoms with Crippen molar-refractivity contribution in [3.05, 3.63) is 30.1 Å². The Bertz CT molecular complexity index is 400. The summed E-state index contributed by atoms with van der Waals surface area (Å²) in [6, 6.07) is 6.72. The van der Waals surface area contributed by atoms with E-state index in [1.54, 1.807) is 0 Å². The van der Waals surface area contributed by atoms with Crippen molar-refractivity contribution in [2.24, 2.45) is 5.84 Å². The average molecular weight is 262 g/mol. The third-order valence-corrected chi connectivity index (χ3v) is 4.23. The Labute approximate surface area is 114 Å². The van der Waals surface area contributed by atoms with Gasteiger partial charge in [0.05, 0.1) is 18.8 Å². The van der Waals surface area contributed by atoms with Crippen molar-refractivity contribution in [1.29, 1.82) is 0 Å². The van der Waals surface area contributed by atoms with Crippen LogP contribution < -0.4 is 11.3 Å². The lowest BCUT2D eigenvalue weighted by atomic mass is 10.0. The van der Waals surface area contributed by atoms with E-state index in [0.29, 0.717) is 6.04 Å². The monoisotopic (exact) mass is 262 g/mol. The van der Waals surface area contributed by atoms with Gasteiger partial charge in [-0.2, -0.15) is 0 Å². The molecule has 0 radical (unpaired) electrons. The Kier molecular flexibility index (Phi) is 4.08. The summed E-state index contributed by atoms with van der Waals surface area (Å²) in [5.74, 6) is 5.71. The normalized spacial score (nSPS) is 29.1. The number of hydrogen-bond acceptors (Lipinski definition) is 5. The van der Waals surface area contributed by atoms with Gasteiger partial charge < -0.3 is 4.74 Å². The highest BCUT2D eigenvalue weighted by atomic mass is 16.5. The van der Waals surface area contributed by atoms with Crippen LogP contribution in [0.1, 0.15) is 18.5 Å². The highest BCUT2D eigenvalue weighted by Gasteiger charge is 2.35. The van der Waals surface area contributed by atoms with Crippen LogP contribution in [0.25, 0.3) is 0 Å². The molecule has 0 amide bonds. The predicted molar refractivity (Wildman–Crippen MR) is 73.4 cm³/mol. The maximum absolute atomic E-state index is 6.01. The SMILES string of the molecule is NNC(Cc1ccccn1)C1CN2CCCC2CO1. The van der Waals surface area contributed by atoms with Gasteiger partial charge in [0.25, 0.3) is 0 Å². The average Bonchev–Trinajstić information content (AvgIpc) is 2.93. The Hall–Kier alpha value is -1.01. The number of pyridine rings is 1. The summed E-state index contributed by atoms with van der Waals surface area (Å²) in [7, 11) is 0. The van der Waals surface area contributed by atoms with E-state index >= 15 is 0 Å². The minimum absolute atomic E-state index is 0.122. The van der Waals surface area contributed by atoms with Crippen molar-refractivity contribution in [1.82, 2.24) is 15.3 Å². The van der Waals surface area contributed by atoms with Crippen LogP contribution in [0.2, 0.25) is 0 Å². The number of morpholine rings is 1. The van der Waals surface area contributed by atoms with E-state index in [0.717, 1.165) is 25.3 Å². The van der Waals surface area contributed by atoms with Crippen molar-refractivity contribution in [2.75, 3.05) is 19.7 Å². The van der Waals surface area contributed by atoms with Crippen molar-refractivity contribution in [2.45, 2.75) is 37.5 Å². The van der Waals surface area contributed by atoms with Crippen molar-refractivity contribution in [3.8, 4) is 0 Å². The van der Waals surface area contributed by atoms with Gasteiger partial charge in [-0.25, -0.2) is 0 Å². The van der Waals surface area contributed by atoms with Gasteiger partial charge in [0.1, 0.15) is 0 Å². The molecule has 0 spiro atoms. The van der Waals surface area contributed by atoms with Crippen LogP contribution in [0.5, 0.6) is 0 Å². The number of fused-ring (bicyclic) bond motifs is 1. The Balaban J connectivity index is 1.62. The maximum atomic E-state index is 6.01. The van der Waals surface area contributed by atoms with Crippen LogP contribution in [0.4, 0.5) is 0 Å². The smallest absolute Gasteiger partial charge is 0.0872 e. The fraction of sp³-hybridized carbons (Fsp3) is 0.643. The third kappa shape index (κ3) is 2.95. The number of nitrogens with two attached hydrogens (primary N) is 1. The summed E-state index contributed by atoms with van der Waals surface area (Å²) in [5, 5.41) is 0. The molecule has 1 aromatic heterocycles. The number of hydrazine groups is 1. The molecular weight excluding hydrogens is 240 g/mol. The molecule has 2 saturated heterocycles. The van der Waals surface area contributed by atoms with Gasteiger partial charge in [-0.1, -0.05) is 6.07 Å². The zero-order valence-electron chi connectivity index (χ0n) is 11.2. The molecule has 2 aliphatic heterocycles. The summed E-state index contributed by atoms with van der Waals surface area (Å²) in [4.78, 5) is 6.90. The van der Waals surface area contributed by atoms with Gasteiger partial charge >= 0.3 is 0 Å². The second kappa shape index (κ2) is 5.96. The highest BCUT2D eigenvalue weighted by molar-refractivity contribution is 5.06. The molecule has 1 aromatic rings. The zero-order chi connectivity index (χ0) is 13.1. The zero-order valence-corrected chi connectivity index (χ0v) is 11.2. The van der Waals surface area contributed by atoms with Crippen LogP contribution in [-0.2, 0) is 11.2 Å². The molecule has 3 atom stereocenters. The van der Waals surface area contributed by atoms with Crippen LogP contribution in [-0.4, -0.2) is 47.8 Å². The van der Waals surface area contributed by atoms with Gasteiger partial charge in [0, 0.05) is 30.9 Å². The molecule has 5 nitrogen and oxygen atoms in total. The molecule has 0 saturated carbocycles. The third-order valence-electron chi connectivity index (χ3n) is 4.23. The van der Waals surface area contributed by atoms with Crippen LogP contribution in [0.3, 0.4) is 0 Å². The second-order valence-corrected chi connectivity index (χ2v) is 5.46. The number of rotatable bonds is 4. The van der Waals surface area contributed by atoms with E-state index in [1.807, 2.05) is 24.4 Å². The first-order valence-electron chi connectivity index (χ1n) is 7.08. The number of nitrogens with zero attached hydrogens (tertiary/aromatic N) is 2. The molecule has 3 rings (SSSR count). The fourth-order valence-electron chi connectivity index (χ4n) is 3.13. The first-order valence-corrected chi connectivity index (χ1v) is 7.08. The Morgan fingerprint density at radius 1 is 1.53 bits per heavy atom. The lowest BCUT2D eigenvalue weighted by molar-refractivity contribution is -0.0645. The molecule has 0 bridgehead atoms. The molecule has 104 valence electrons. The minimum Gasteiger partial charge on any atom is -0.374 e. The summed E-state index contributed by atoms with van der Waals surface area (Å²) in [6.07, 6.45) is 5.35. The fourth-order valence-corrected chi connectivity index (χ4v) is 3.13. The highest BCUT2D eigenvalue weighted by Crippen LogP contribution is 2.24. The molecule has 0 aliphatic carbocycles. The number of ether oxygens (including phenoxy) is 1. The molecule has 19 heavy (non-hydrogen) atoms. The van der Waals surface area contributed by atoms with Crippen molar-refractivity contribution < 1.29 is 4.74 Å². The Morgan fingerprint density at radius 3 is 3.26 bits per heavy atom. The van der Waals surface area contributed by atoms with E-state index in [9.17, 15) is 0 Å². The van der Waals surface area contributed by atoms with E-state index in [4.69, 9.17) is 10.6 Å². The van der Waals surface area contributed by atoms with Gasteiger partial charge in [-0.15, -0.1) is 0 Å². The molecule has 2 aliphatic rings. The number of aromatic nitrogens is 1. The van der Waals surface area contributed by atoms with E-state index < -0.39 is 0 Å². The summed E-state index contributed by atoms with van der Waals surface area (Å²) < 4.78 is 6.01. The van der Waals surface area contributed by atoms with Gasteiger partial charge in [0.2, 0.25) is 0 Å². The van der Waals surface area contributed by atoms with E-state index in [-0.39, 0.29) is 12.1 Å². The first-order chi connectivity index (χ1) is 9.36. The molecule has 0 aromatic carbocycles. The quantitative estimate of drug-likeness (QED) is 0.604. The molecule has 5 heteroatoms. The Morgan fingerprint density at radius 2 is 2.47 bits per heavy atom. The summed E-state index contributed by atoms with van der Waals surface area (Å²) >= 11 is 0. The molecule has 3 unspecified atom stereocenters.